The van der Waals surface area contributed by atoms with Crippen molar-refractivity contribution >= 4 is 11.7 Å². The van der Waals surface area contributed by atoms with Crippen molar-refractivity contribution in [3.63, 3.8) is 0 Å². The molecule has 0 heterocycles. The molecule has 0 aromatic carbocycles. The molecule has 0 aliphatic carbocycles. The second kappa shape index (κ2) is 10.9. The van der Waals surface area contributed by atoms with Crippen LogP contribution in [-0.4, -0.2) is 57.9 Å². The van der Waals surface area contributed by atoms with Gasteiger partial charge in [-0.3, -0.25) is 9.59 Å². The van der Waals surface area contributed by atoms with E-state index >= 15 is 0 Å². The Kier molecular flexibility index (Phi) is 10.3. The molecular weight excluding hydrogens is 250 g/mol. The summed E-state index contributed by atoms with van der Waals surface area (Å²) in [6.07, 6.45) is 0. The number of Topliss-reactive ketones (excluding diaryl/α,β-unsaturated/α-hetero) is 1. The summed E-state index contributed by atoms with van der Waals surface area (Å²) in [7, 11) is 1.60. The lowest BCUT2D eigenvalue weighted by Crippen LogP contribution is -2.44. The van der Waals surface area contributed by atoms with Gasteiger partial charge in [0.1, 0.15) is 6.61 Å². The average Bonchev–Trinajstić information content (AvgIpc) is 2.34. The van der Waals surface area contributed by atoms with Crippen LogP contribution in [0, 0.1) is 5.92 Å². The zero-order valence-electron chi connectivity index (χ0n) is 12.2. The minimum Gasteiger partial charge on any atom is -0.382 e. The van der Waals surface area contributed by atoms with Crippen molar-refractivity contribution in [1.82, 2.24) is 5.32 Å². The SMILES string of the molecule is COCCOCCOCC(=O)NC(C(C)=O)C(C)C. The van der Waals surface area contributed by atoms with Gasteiger partial charge in [0.25, 0.3) is 0 Å². The minimum absolute atomic E-state index is 0.0498. The van der Waals surface area contributed by atoms with E-state index in [-0.39, 0.29) is 24.2 Å². The molecule has 19 heavy (non-hydrogen) atoms. The number of rotatable bonds is 11. The molecular formula is C13H25NO5. The summed E-state index contributed by atoms with van der Waals surface area (Å²) >= 11 is 0. The maximum absolute atomic E-state index is 11.5. The predicted molar refractivity (Wildman–Crippen MR) is 71.0 cm³/mol. The summed E-state index contributed by atoms with van der Waals surface area (Å²) in [5.41, 5.74) is 0. The Balaban J connectivity index is 3.66. The van der Waals surface area contributed by atoms with Crippen LogP contribution in [0.4, 0.5) is 0 Å². The van der Waals surface area contributed by atoms with Gasteiger partial charge >= 0.3 is 0 Å². The van der Waals surface area contributed by atoms with E-state index in [1.54, 1.807) is 7.11 Å². The van der Waals surface area contributed by atoms with E-state index in [1.807, 2.05) is 13.8 Å². The summed E-state index contributed by atoms with van der Waals surface area (Å²) in [6, 6.07) is -0.450. The van der Waals surface area contributed by atoms with Gasteiger partial charge in [-0.05, 0) is 12.8 Å². The second-order valence-corrected chi connectivity index (χ2v) is 4.56. The molecule has 0 saturated heterocycles. The fraction of sp³-hybridized carbons (Fsp3) is 0.846. The normalized spacial score (nSPS) is 12.5. The maximum atomic E-state index is 11.5. The third-order valence-electron chi connectivity index (χ3n) is 2.46. The lowest BCUT2D eigenvalue weighted by Gasteiger charge is -2.19. The molecule has 1 N–H and O–H groups in total. The Labute approximate surface area is 114 Å². The molecule has 1 atom stereocenters. The number of ketones is 1. The first-order chi connectivity index (χ1) is 8.99. The molecule has 0 aromatic rings. The van der Waals surface area contributed by atoms with Crippen LogP contribution in [0.1, 0.15) is 20.8 Å². The fourth-order valence-corrected chi connectivity index (χ4v) is 1.48. The third-order valence-corrected chi connectivity index (χ3v) is 2.46. The number of amides is 1. The summed E-state index contributed by atoms with van der Waals surface area (Å²) < 4.78 is 15.1. The van der Waals surface area contributed by atoms with Crippen LogP contribution in [0.2, 0.25) is 0 Å². The Morgan fingerprint density at radius 1 is 1.05 bits per heavy atom. The Morgan fingerprint density at radius 2 is 1.63 bits per heavy atom. The molecule has 1 unspecified atom stereocenters. The topological polar surface area (TPSA) is 73.9 Å². The van der Waals surface area contributed by atoms with Crippen molar-refractivity contribution in [3.8, 4) is 0 Å². The van der Waals surface area contributed by atoms with Gasteiger partial charge < -0.3 is 19.5 Å². The van der Waals surface area contributed by atoms with Crippen LogP contribution in [0.25, 0.3) is 0 Å². The second-order valence-electron chi connectivity index (χ2n) is 4.56. The van der Waals surface area contributed by atoms with Crippen molar-refractivity contribution < 1.29 is 23.8 Å². The summed E-state index contributed by atoms with van der Waals surface area (Å²) in [4.78, 5) is 22.9. The van der Waals surface area contributed by atoms with E-state index < -0.39 is 6.04 Å². The van der Waals surface area contributed by atoms with Gasteiger partial charge in [0.15, 0.2) is 5.78 Å². The molecule has 0 saturated carbocycles. The largest absolute Gasteiger partial charge is 0.382 e. The summed E-state index contributed by atoms with van der Waals surface area (Å²) in [6.45, 7) is 6.97. The van der Waals surface area contributed by atoms with E-state index in [2.05, 4.69) is 5.32 Å². The number of nitrogens with one attached hydrogen (secondary N) is 1. The molecule has 0 aliphatic rings. The van der Waals surface area contributed by atoms with Gasteiger partial charge in [0.2, 0.25) is 5.91 Å². The highest BCUT2D eigenvalue weighted by molar-refractivity contribution is 5.88. The summed E-state index contributed by atoms with van der Waals surface area (Å²) in [5, 5.41) is 2.65. The number of methoxy groups -OCH3 is 1. The third kappa shape index (κ3) is 9.58. The quantitative estimate of drug-likeness (QED) is 0.552. The Hall–Kier alpha value is -0.980. The number of hydrogen-bond donors (Lipinski definition) is 1. The highest BCUT2D eigenvalue weighted by atomic mass is 16.5. The van der Waals surface area contributed by atoms with Gasteiger partial charge in [-0.15, -0.1) is 0 Å². The van der Waals surface area contributed by atoms with Crippen LogP contribution >= 0.6 is 0 Å². The molecule has 0 aliphatic heterocycles. The number of hydrogen-bond acceptors (Lipinski definition) is 5. The van der Waals surface area contributed by atoms with Gasteiger partial charge in [-0.25, -0.2) is 0 Å². The lowest BCUT2D eigenvalue weighted by atomic mass is 10.0. The van der Waals surface area contributed by atoms with E-state index in [4.69, 9.17) is 14.2 Å². The zero-order chi connectivity index (χ0) is 14.7. The van der Waals surface area contributed by atoms with Gasteiger partial charge in [-0.1, -0.05) is 13.8 Å². The van der Waals surface area contributed by atoms with E-state index in [1.165, 1.54) is 6.92 Å². The van der Waals surface area contributed by atoms with Crippen LogP contribution < -0.4 is 5.32 Å². The lowest BCUT2D eigenvalue weighted by molar-refractivity contribution is -0.131. The molecule has 1 amide bonds. The Morgan fingerprint density at radius 3 is 2.16 bits per heavy atom. The first-order valence-electron chi connectivity index (χ1n) is 6.43. The Bertz CT molecular complexity index is 268. The van der Waals surface area contributed by atoms with Gasteiger partial charge in [0.05, 0.1) is 32.5 Å². The summed E-state index contributed by atoms with van der Waals surface area (Å²) in [5.74, 6) is -0.268. The highest BCUT2D eigenvalue weighted by Crippen LogP contribution is 2.02. The standard InChI is InChI=1S/C13H25NO5/c1-10(2)13(11(3)15)14-12(16)9-19-8-7-18-6-5-17-4/h10,13H,5-9H2,1-4H3,(H,14,16). The van der Waals surface area contributed by atoms with Gasteiger partial charge in [0, 0.05) is 7.11 Å². The number of carbonyl (C=O) groups is 2. The zero-order valence-corrected chi connectivity index (χ0v) is 12.2. The molecule has 0 spiro atoms. The van der Waals surface area contributed by atoms with Crippen molar-refractivity contribution in [3.05, 3.63) is 0 Å². The smallest absolute Gasteiger partial charge is 0.246 e. The molecule has 0 rings (SSSR count). The van der Waals surface area contributed by atoms with Gasteiger partial charge in [-0.2, -0.15) is 0 Å². The number of carbonyl (C=O) groups excluding carboxylic acids is 2. The van der Waals surface area contributed by atoms with E-state index in [0.29, 0.717) is 26.4 Å². The molecule has 0 radical (unpaired) electrons. The molecule has 112 valence electrons. The van der Waals surface area contributed by atoms with Crippen molar-refractivity contribution in [2.24, 2.45) is 5.92 Å². The van der Waals surface area contributed by atoms with Crippen LogP contribution in [-0.2, 0) is 23.8 Å². The predicted octanol–water partition coefficient (Wildman–Crippen LogP) is 0.396. The highest BCUT2D eigenvalue weighted by Gasteiger charge is 2.20. The molecule has 0 aromatic heterocycles. The minimum atomic E-state index is -0.450. The van der Waals surface area contributed by atoms with E-state index in [9.17, 15) is 9.59 Å². The van der Waals surface area contributed by atoms with E-state index in [0.717, 1.165) is 0 Å². The fourth-order valence-electron chi connectivity index (χ4n) is 1.48. The van der Waals surface area contributed by atoms with Crippen molar-refractivity contribution in [1.29, 1.82) is 0 Å². The molecule has 6 nitrogen and oxygen atoms in total. The first-order valence-corrected chi connectivity index (χ1v) is 6.43. The average molecular weight is 275 g/mol. The molecule has 6 heteroatoms. The maximum Gasteiger partial charge on any atom is 0.246 e. The van der Waals surface area contributed by atoms with Crippen molar-refractivity contribution in [2.45, 2.75) is 26.8 Å². The van der Waals surface area contributed by atoms with Crippen molar-refractivity contribution in [2.75, 3.05) is 40.1 Å². The van der Waals surface area contributed by atoms with Crippen LogP contribution in [0.3, 0.4) is 0 Å². The van der Waals surface area contributed by atoms with Crippen LogP contribution in [0.15, 0.2) is 0 Å². The molecule has 0 fully saturated rings. The molecule has 0 bridgehead atoms. The first kappa shape index (κ1) is 18.0. The monoisotopic (exact) mass is 275 g/mol. The van der Waals surface area contributed by atoms with Crippen LogP contribution in [0.5, 0.6) is 0 Å². The number of ether oxygens (including phenoxy) is 3.